The summed E-state index contributed by atoms with van der Waals surface area (Å²) in [5, 5.41) is 6.81. The summed E-state index contributed by atoms with van der Waals surface area (Å²) in [6.45, 7) is 3.72. The van der Waals surface area contributed by atoms with Crippen LogP contribution in [0, 0.1) is 6.92 Å². The number of carbonyl (C=O) groups is 1. The van der Waals surface area contributed by atoms with Gasteiger partial charge in [0.15, 0.2) is 5.11 Å². The average Bonchev–Trinajstić information content (AvgIpc) is 3.37. The predicted octanol–water partition coefficient (Wildman–Crippen LogP) is 4.52. The molecule has 3 aromatic rings. The second kappa shape index (κ2) is 8.77. The van der Waals surface area contributed by atoms with Gasteiger partial charge in [-0.25, -0.2) is 0 Å². The second-order valence-electron chi connectivity index (χ2n) is 7.23. The third kappa shape index (κ3) is 4.11. The number of ether oxygens (including phenoxy) is 1. The molecule has 0 bridgehead atoms. The van der Waals surface area contributed by atoms with E-state index in [1.54, 1.807) is 20.2 Å². The van der Waals surface area contributed by atoms with Gasteiger partial charge in [0.1, 0.15) is 23.3 Å². The summed E-state index contributed by atoms with van der Waals surface area (Å²) < 4.78 is 11.6. The molecule has 0 unspecified atom stereocenters. The van der Waals surface area contributed by atoms with Crippen LogP contribution in [0.15, 0.2) is 59.1 Å². The Bertz CT molecular complexity index is 1100. The quantitative estimate of drug-likeness (QED) is 0.550. The number of methoxy groups -OCH3 is 1. The minimum Gasteiger partial charge on any atom is -0.494 e. The lowest BCUT2D eigenvalue weighted by molar-refractivity contribution is -0.115. The molecule has 1 fully saturated rings. The molecule has 4 rings (SSSR count). The van der Waals surface area contributed by atoms with Crippen LogP contribution in [0.1, 0.15) is 42.6 Å². The smallest absolute Gasteiger partial charge is 0.224 e. The third-order valence-corrected chi connectivity index (χ3v) is 5.52. The van der Waals surface area contributed by atoms with Crippen LogP contribution >= 0.6 is 12.2 Å². The maximum Gasteiger partial charge on any atom is 0.224 e. The Morgan fingerprint density at radius 1 is 1.29 bits per heavy atom. The molecule has 7 nitrogen and oxygen atoms in total. The fraction of sp³-hybridized carbons (Fsp3) is 0.261. The first-order chi connectivity index (χ1) is 15.0. The lowest BCUT2D eigenvalue weighted by atomic mass is 10.0. The van der Waals surface area contributed by atoms with Gasteiger partial charge in [0.05, 0.1) is 24.5 Å². The molecule has 2 N–H and O–H groups in total. The third-order valence-electron chi connectivity index (χ3n) is 5.21. The van der Waals surface area contributed by atoms with Gasteiger partial charge in [0.2, 0.25) is 5.91 Å². The highest BCUT2D eigenvalue weighted by Crippen LogP contribution is 2.43. The van der Waals surface area contributed by atoms with E-state index in [9.17, 15) is 4.79 Å². The molecule has 31 heavy (non-hydrogen) atoms. The molecule has 0 spiro atoms. The van der Waals surface area contributed by atoms with Crippen molar-refractivity contribution in [2.24, 2.45) is 0 Å². The number of thiocarbonyl (C=S) groups is 1. The molecular formula is C23H24N4O3S. The molecule has 3 heterocycles. The molecule has 1 saturated heterocycles. The molecule has 1 amide bonds. The number of amides is 1. The number of furan rings is 1. The van der Waals surface area contributed by atoms with Crippen molar-refractivity contribution in [3.63, 3.8) is 0 Å². The molecule has 0 radical (unpaired) electrons. The van der Waals surface area contributed by atoms with Gasteiger partial charge in [-0.05, 0) is 55.5 Å². The number of hydrogen-bond donors (Lipinski definition) is 2. The van der Waals surface area contributed by atoms with Crippen molar-refractivity contribution in [1.29, 1.82) is 0 Å². The summed E-state index contributed by atoms with van der Waals surface area (Å²) in [7, 11) is 1.57. The highest BCUT2D eigenvalue weighted by atomic mass is 32.1. The number of hydrogen-bond acceptors (Lipinski definition) is 5. The number of anilines is 2. The normalized spacial score (nSPS) is 18.0. The minimum atomic E-state index is -0.239. The van der Waals surface area contributed by atoms with Crippen molar-refractivity contribution in [3.05, 3.63) is 71.9 Å². The Hall–Kier alpha value is -3.39. The zero-order valence-electron chi connectivity index (χ0n) is 17.6. The number of nitrogens with one attached hydrogen (secondary N) is 2. The SMILES string of the molecule is CCC(=O)Nc1ccc(N2C(=S)N[C@@H](c3ccccn3)[C@@H]2c2ccc(C)o2)cc1OC. The zero-order valence-corrected chi connectivity index (χ0v) is 18.4. The molecule has 1 aliphatic rings. The summed E-state index contributed by atoms with van der Waals surface area (Å²) in [6.07, 6.45) is 2.15. The van der Waals surface area contributed by atoms with Crippen LogP contribution in [0.5, 0.6) is 5.75 Å². The van der Waals surface area contributed by atoms with Crippen molar-refractivity contribution in [2.75, 3.05) is 17.3 Å². The van der Waals surface area contributed by atoms with E-state index in [0.717, 1.165) is 22.9 Å². The molecule has 8 heteroatoms. The van der Waals surface area contributed by atoms with E-state index in [4.69, 9.17) is 21.4 Å². The van der Waals surface area contributed by atoms with E-state index in [1.165, 1.54) is 0 Å². The standard InChI is InChI=1S/C23H24N4O3S/c1-4-20(28)25-16-10-9-15(13-19(16)29-3)27-22(18-11-8-14(2)30-18)21(26-23(27)31)17-7-5-6-12-24-17/h5-13,21-22H,4H2,1-3H3,(H,25,28)(H,26,31)/t21-,22-/m0/s1. The van der Waals surface area contributed by atoms with Crippen LogP contribution in [0.25, 0.3) is 0 Å². The fourth-order valence-electron chi connectivity index (χ4n) is 3.71. The van der Waals surface area contributed by atoms with Gasteiger partial charge in [-0.1, -0.05) is 13.0 Å². The van der Waals surface area contributed by atoms with Crippen LogP contribution < -0.4 is 20.3 Å². The van der Waals surface area contributed by atoms with Crippen LogP contribution in [0.2, 0.25) is 0 Å². The Balaban J connectivity index is 1.76. The maximum absolute atomic E-state index is 11.9. The van der Waals surface area contributed by atoms with Gasteiger partial charge in [0, 0.05) is 24.4 Å². The highest BCUT2D eigenvalue weighted by Gasteiger charge is 2.42. The van der Waals surface area contributed by atoms with Crippen molar-refractivity contribution >= 4 is 34.6 Å². The van der Waals surface area contributed by atoms with Gasteiger partial charge < -0.3 is 24.7 Å². The number of pyridine rings is 1. The van der Waals surface area contributed by atoms with E-state index in [-0.39, 0.29) is 18.0 Å². The molecule has 1 aromatic carbocycles. The zero-order chi connectivity index (χ0) is 22.0. The van der Waals surface area contributed by atoms with E-state index in [0.29, 0.717) is 23.0 Å². The lowest BCUT2D eigenvalue weighted by Gasteiger charge is -2.26. The molecule has 160 valence electrons. The van der Waals surface area contributed by atoms with Crippen LogP contribution in [-0.4, -0.2) is 23.1 Å². The van der Waals surface area contributed by atoms with E-state index < -0.39 is 0 Å². The Morgan fingerprint density at radius 2 is 2.13 bits per heavy atom. The van der Waals surface area contributed by atoms with Crippen molar-refractivity contribution < 1.29 is 13.9 Å². The summed E-state index contributed by atoms with van der Waals surface area (Å²) in [4.78, 5) is 18.4. The number of benzene rings is 1. The number of carbonyl (C=O) groups excluding carboxylic acids is 1. The summed E-state index contributed by atoms with van der Waals surface area (Å²) in [5.41, 5.74) is 2.30. The second-order valence-corrected chi connectivity index (χ2v) is 7.62. The average molecular weight is 437 g/mol. The monoisotopic (exact) mass is 436 g/mol. The molecule has 1 aliphatic heterocycles. The summed E-state index contributed by atoms with van der Waals surface area (Å²) in [5.74, 6) is 2.08. The van der Waals surface area contributed by atoms with Gasteiger partial charge in [0.25, 0.3) is 0 Å². The van der Waals surface area contributed by atoms with E-state index in [1.807, 2.05) is 60.4 Å². The lowest BCUT2D eigenvalue weighted by Crippen LogP contribution is -2.29. The summed E-state index contributed by atoms with van der Waals surface area (Å²) >= 11 is 5.72. The van der Waals surface area contributed by atoms with Crippen molar-refractivity contribution in [3.8, 4) is 5.75 Å². The van der Waals surface area contributed by atoms with Gasteiger partial charge in [-0.3, -0.25) is 9.78 Å². The Labute approximate surface area is 186 Å². The van der Waals surface area contributed by atoms with Gasteiger partial charge >= 0.3 is 0 Å². The molecule has 2 aromatic heterocycles. The van der Waals surface area contributed by atoms with Crippen LogP contribution in [0.3, 0.4) is 0 Å². The highest BCUT2D eigenvalue weighted by molar-refractivity contribution is 7.80. The largest absolute Gasteiger partial charge is 0.494 e. The molecule has 0 saturated carbocycles. The topological polar surface area (TPSA) is 79.6 Å². The van der Waals surface area contributed by atoms with Gasteiger partial charge in [-0.2, -0.15) is 0 Å². The first kappa shape index (κ1) is 20.9. The molecule has 2 atom stereocenters. The molecular weight excluding hydrogens is 412 g/mol. The van der Waals surface area contributed by atoms with Crippen LogP contribution in [0.4, 0.5) is 11.4 Å². The van der Waals surface area contributed by atoms with E-state index >= 15 is 0 Å². The Morgan fingerprint density at radius 3 is 2.77 bits per heavy atom. The number of aryl methyl sites for hydroxylation is 1. The number of nitrogens with zero attached hydrogens (tertiary/aromatic N) is 2. The van der Waals surface area contributed by atoms with Gasteiger partial charge in [-0.15, -0.1) is 0 Å². The van der Waals surface area contributed by atoms with Crippen molar-refractivity contribution in [1.82, 2.24) is 10.3 Å². The first-order valence-electron chi connectivity index (χ1n) is 10.1. The molecule has 0 aliphatic carbocycles. The van der Waals surface area contributed by atoms with E-state index in [2.05, 4.69) is 15.6 Å². The maximum atomic E-state index is 11.9. The summed E-state index contributed by atoms with van der Waals surface area (Å²) in [6, 6.07) is 14.9. The van der Waals surface area contributed by atoms with Crippen LogP contribution in [-0.2, 0) is 4.79 Å². The van der Waals surface area contributed by atoms with Crippen molar-refractivity contribution in [2.45, 2.75) is 32.4 Å². The fourth-order valence-corrected chi connectivity index (χ4v) is 4.05. The first-order valence-corrected chi connectivity index (χ1v) is 10.5. The minimum absolute atomic E-state index is 0.0800. The number of rotatable bonds is 6. The number of aromatic nitrogens is 1. The Kier molecular flexibility index (Phi) is 5.90. The predicted molar refractivity (Wildman–Crippen MR) is 123 cm³/mol.